The summed E-state index contributed by atoms with van der Waals surface area (Å²) in [5, 5.41) is 11.7. The molecule has 0 saturated heterocycles. The lowest BCUT2D eigenvalue weighted by Crippen LogP contribution is -2.20. The SMILES string of the molecule is Cc1ccc(C2=CC(c3ccccc3Cl)n3nc(NC(=O)c4cccc(Cl)c4)nc3N2)cc1.Cl. The Morgan fingerprint density at radius 1 is 1.03 bits per heavy atom. The first-order valence-corrected chi connectivity index (χ1v) is 11.1. The van der Waals surface area contributed by atoms with Gasteiger partial charge in [-0.25, -0.2) is 4.68 Å². The van der Waals surface area contributed by atoms with Crippen LogP contribution in [-0.2, 0) is 0 Å². The molecule has 0 fully saturated rings. The second-order valence-corrected chi connectivity index (χ2v) is 8.55. The average Bonchev–Trinajstić information content (AvgIpc) is 3.21. The van der Waals surface area contributed by atoms with E-state index in [0.29, 0.717) is 21.6 Å². The van der Waals surface area contributed by atoms with Crippen molar-refractivity contribution in [2.24, 2.45) is 0 Å². The fourth-order valence-corrected chi connectivity index (χ4v) is 4.13. The summed E-state index contributed by atoms with van der Waals surface area (Å²) in [6.07, 6.45) is 2.05. The first-order chi connectivity index (χ1) is 16.0. The van der Waals surface area contributed by atoms with Gasteiger partial charge in [0.05, 0.1) is 0 Å². The molecular weight excluding hydrogens is 493 g/mol. The molecule has 1 aliphatic rings. The first-order valence-electron chi connectivity index (χ1n) is 10.3. The summed E-state index contributed by atoms with van der Waals surface area (Å²) in [5.74, 6) is 0.332. The molecule has 1 aromatic heterocycles. The summed E-state index contributed by atoms with van der Waals surface area (Å²) in [6, 6.07) is 22.2. The van der Waals surface area contributed by atoms with Gasteiger partial charge in [0.25, 0.3) is 11.9 Å². The van der Waals surface area contributed by atoms with Crippen molar-refractivity contribution in [2.45, 2.75) is 13.0 Å². The molecule has 2 heterocycles. The quantitative estimate of drug-likeness (QED) is 0.322. The van der Waals surface area contributed by atoms with Gasteiger partial charge in [0, 0.05) is 21.3 Å². The number of nitrogens with zero attached hydrogens (tertiary/aromatic N) is 3. The zero-order chi connectivity index (χ0) is 22.9. The summed E-state index contributed by atoms with van der Waals surface area (Å²) in [6.45, 7) is 2.05. The molecule has 0 bridgehead atoms. The summed E-state index contributed by atoms with van der Waals surface area (Å²) >= 11 is 12.5. The van der Waals surface area contributed by atoms with Gasteiger partial charge >= 0.3 is 0 Å². The van der Waals surface area contributed by atoms with Gasteiger partial charge in [0.15, 0.2) is 0 Å². The highest BCUT2D eigenvalue weighted by molar-refractivity contribution is 6.31. The van der Waals surface area contributed by atoms with Crippen LogP contribution in [0.5, 0.6) is 0 Å². The number of hydrogen-bond donors (Lipinski definition) is 2. The molecule has 0 saturated carbocycles. The second-order valence-electron chi connectivity index (χ2n) is 7.71. The van der Waals surface area contributed by atoms with E-state index in [4.69, 9.17) is 23.2 Å². The zero-order valence-corrected chi connectivity index (χ0v) is 20.3. The number of fused-ring (bicyclic) bond motifs is 1. The van der Waals surface area contributed by atoms with E-state index in [0.717, 1.165) is 16.8 Å². The molecule has 1 atom stereocenters. The van der Waals surface area contributed by atoms with Gasteiger partial charge in [-0.05, 0) is 48.4 Å². The van der Waals surface area contributed by atoms with Crippen molar-refractivity contribution in [3.63, 3.8) is 0 Å². The van der Waals surface area contributed by atoms with Gasteiger partial charge in [-0.2, -0.15) is 4.98 Å². The lowest BCUT2D eigenvalue weighted by Gasteiger charge is -2.25. The van der Waals surface area contributed by atoms with Crippen LogP contribution in [0.3, 0.4) is 0 Å². The number of carbonyl (C=O) groups is 1. The molecule has 3 aromatic carbocycles. The Hall–Kier alpha value is -3.32. The Bertz CT molecular complexity index is 1380. The highest BCUT2D eigenvalue weighted by atomic mass is 35.5. The van der Waals surface area contributed by atoms with Crippen molar-refractivity contribution < 1.29 is 4.79 Å². The lowest BCUT2D eigenvalue weighted by molar-refractivity contribution is 0.102. The van der Waals surface area contributed by atoms with E-state index >= 15 is 0 Å². The minimum absolute atomic E-state index is 0. The number of amides is 1. The molecule has 1 unspecified atom stereocenters. The number of nitrogens with one attached hydrogen (secondary N) is 2. The standard InChI is InChI=1S/C25H19Cl2N5O.ClH/c1-15-9-11-16(12-10-15)21-14-22(19-7-2-3-8-20(19)27)32-25(28-21)30-24(31-32)29-23(33)17-5-4-6-18(26)13-17;/h2-14,22H,1H3,(H2,28,29,30,31,33);1H. The molecule has 6 nitrogen and oxygen atoms in total. The maximum absolute atomic E-state index is 12.7. The highest BCUT2D eigenvalue weighted by Gasteiger charge is 2.27. The number of halogens is 3. The number of aromatic nitrogens is 3. The Labute approximate surface area is 213 Å². The Kier molecular flexibility index (Phi) is 6.93. The fourth-order valence-electron chi connectivity index (χ4n) is 3.69. The van der Waals surface area contributed by atoms with Crippen LogP contribution in [-0.4, -0.2) is 20.7 Å². The van der Waals surface area contributed by atoms with Crippen molar-refractivity contribution in [3.05, 3.63) is 111 Å². The summed E-state index contributed by atoms with van der Waals surface area (Å²) in [7, 11) is 0. The topological polar surface area (TPSA) is 71.8 Å². The molecule has 4 aromatic rings. The highest BCUT2D eigenvalue weighted by Crippen LogP contribution is 2.36. The maximum atomic E-state index is 12.7. The van der Waals surface area contributed by atoms with E-state index in [2.05, 4.69) is 38.9 Å². The molecule has 172 valence electrons. The Morgan fingerprint density at radius 2 is 1.79 bits per heavy atom. The maximum Gasteiger partial charge on any atom is 0.258 e. The number of aryl methyl sites for hydroxylation is 1. The van der Waals surface area contributed by atoms with Gasteiger partial charge in [-0.15, -0.1) is 17.5 Å². The molecule has 2 N–H and O–H groups in total. The van der Waals surface area contributed by atoms with Crippen molar-refractivity contribution in [1.29, 1.82) is 0 Å². The van der Waals surface area contributed by atoms with E-state index in [9.17, 15) is 4.79 Å². The van der Waals surface area contributed by atoms with E-state index in [1.54, 1.807) is 28.9 Å². The smallest absolute Gasteiger partial charge is 0.258 e. The van der Waals surface area contributed by atoms with Crippen LogP contribution in [0, 0.1) is 6.92 Å². The average molecular weight is 513 g/mol. The molecular formula is C25H20Cl3N5O. The Morgan fingerprint density at radius 3 is 2.53 bits per heavy atom. The third-order valence-electron chi connectivity index (χ3n) is 5.36. The van der Waals surface area contributed by atoms with Crippen LogP contribution in [0.2, 0.25) is 10.0 Å². The van der Waals surface area contributed by atoms with Gasteiger partial charge in [-0.1, -0.05) is 77.3 Å². The molecule has 1 aliphatic heterocycles. The van der Waals surface area contributed by atoms with Crippen molar-refractivity contribution in [1.82, 2.24) is 14.8 Å². The van der Waals surface area contributed by atoms with E-state index in [-0.39, 0.29) is 30.3 Å². The predicted octanol–water partition coefficient (Wildman–Crippen LogP) is 6.62. The van der Waals surface area contributed by atoms with Crippen LogP contribution >= 0.6 is 35.6 Å². The summed E-state index contributed by atoms with van der Waals surface area (Å²) < 4.78 is 1.71. The summed E-state index contributed by atoms with van der Waals surface area (Å²) in [5.41, 5.74) is 4.37. The second kappa shape index (κ2) is 9.89. The van der Waals surface area contributed by atoms with E-state index in [1.165, 1.54) is 5.56 Å². The molecule has 34 heavy (non-hydrogen) atoms. The molecule has 0 spiro atoms. The third kappa shape index (κ3) is 4.80. The molecule has 9 heteroatoms. The minimum atomic E-state index is -0.346. The van der Waals surface area contributed by atoms with Crippen LogP contribution in [0.1, 0.15) is 33.1 Å². The molecule has 0 radical (unpaired) electrons. The van der Waals surface area contributed by atoms with Crippen molar-refractivity contribution in [2.75, 3.05) is 10.6 Å². The van der Waals surface area contributed by atoms with E-state index in [1.807, 2.05) is 43.3 Å². The summed E-state index contributed by atoms with van der Waals surface area (Å²) in [4.78, 5) is 17.2. The van der Waals surface area contributed by atoms with E-state index < -0.39 is 0 Å². The number of rotatable bonds is 4. The number of hydrogen-bond acceptors (Lipinski definition) is 4. The Balaban J connectivity index is 0.00000274. The molecule has 0 aliphatic carbocycles. The fraction of sp³-hybridized carbons (Fsp3) is 0.0800. The van der Waals surface area contributed by atoms with Crippen LogP contribution in [0.25, 0.3) is 5.70 Å². The van der Waals surface area contributed by atoms with Gasteiger partial charge in [-0.3, -0.25) is 10.1 Å². The monoisotopic (exact) mass is 511 g/mol. The van der Waals surface area contributed by atoms with Crippen LogP contribution < -0.4 is 10.6 Å². The van der Waals surface area contributed by atoms with Crippen molar-refractivity contribution in [3.8, 4) is 0 Å². The third-order valence-corrected chi connectivity index (χ3v) is 5.94. The normalized spacial score (nSPS) is 14.3. The number of carbonyl (C=O) groups excluding carboxylic acids is 1. The van der Waals surface area contributed by atoms with Gasteiger partial charge in [0.1, 0.15) is 6.04 Å². The number of allylic oxidation sites excluding steroid dienone is 1. The number of anilines is 2. The minimum Gasteiger partial charge on any atom is -0.324 e. The molecule has 5 rings (SSSR count). The van der Waals surface area contributed by atoms with Crippen LogP contribution in [0.15, 0.2) is 78.9 Å². The van der Waals surface area contributed by atoms with Crippen LogP contribution in [0.4, 0.5) is 11.9 Å². The predicted molar refractivity (Wildman–Crippen MR) is 139 cm³/mol. The largest absolute Gasteiger partial charge is 0.324 e. The first kappa shape index (κ1) is 23.8. The van der Waals surface area contributed by atoms with Crippen molar-refractivity contribution >= 4 is 59.1 Å². The number of benzene rings is 3. The van der Waals surface area contributed by atoms with Gasteiger partial charge in [0.2, 0.25) is 5.95 Å². The molecule has 1 amide bonds. The van der Waals surface area contributed by atoms with Gasteiger partial charge < -0.3 is 5.32 Å². The zero-order valence-electron chi connectivity index (χ0n) is 18.0. The lowest BCUT2D eigenvalue weighted by atomic mass is 10.0.